The minimum absolute atomic E-state index is 0.237. The molecule has 3 rings (SSSR count). The Morgan fingerprint density at radius 1 is 1.09 bits per heavy atom. The van der Waals surface area contributed by atoms with Crippen molar-refractivity contribution in [2.45, 2.75) is 13.3 Å². The summed E-state index contributed by atoms with van der Waals surface area (Å²) in [5.74, 6) is 1.28. The van der Waals surface area contributed by atoms with E-state index in [1.54, 1.807) is 0 Å². The highest BCUT2D eigenvalue weighted by Gasteiger charge is 2.18. The highest BCUT2D eigenvalue weighted by molar-refractivity contribution is 5.96. The van der Waals surface area contributed by atoms with Gasteiger partial charge in [0.05, 0.1) is 0 Å². The lowest BCUT2D eigenvalue weighted by atomic mass is 10.1. The van der Waals surface area contributed by atoms with E-state index in [9.17, 15) is 4.79 Å². The Bertz CT molecular complexity index is 649. The van der Waals surface area contributed by atoms with E-state index >= 15 is 0 Å². The Balaban J connectivity index is 1.47. The Hall–Kier alpha value is -2.20. The van der Waals surface area contributed by atoms with Gasteiger partial charge in [0, 0.05) is 50.9 Å². The number of aryl methyl sites for hydroxylation is 1. The summed E-state index contributed by atoms with van der Waals surface area (Å²) in [6.45, 7) is 6.76. The van der Waals surface area contributed by atoms with Gasteiger partial charge in [-0.3, -0.25) is 9.69 Å². The van der Waals surface area contributed by atoms with Crippen LogP contribution in [-0.2, 0) is 0 Å². The second kappa shape index (κ2) is 7.38. The maximum absolute atomic E-state index is 12.3. The Morgan fingerprint density at radius 3 is 2.61 bits per heavy atom. The average molecular weight is 309 g/mol. The van der Waals surface area contributed by atoms with Gasteiger partial charge < -0.3 is 4.90 Å². The van der Waals surface area contributed by atoms with Crippen LogP contribution < -0.4 is 4.90 Å². The van der Waals surface area contributed by atoms with Crippen molar-refractivity contribution < 1.29 is 4.79 Å². The zero-order valence-corrected chi connectivity index (χ0v) is 13.6. The first-order chi connectivity index (χ1) is 11.2. The summed E-state index contributed by atoms with van der Waals surface area (Å²) >= 11 is 0. The quantitative estimate of drug-likeness (QED) is 0.796. The molecule has 1 saturated heterocycles. The third-order valence-corrected chi connectivity index (χ3v) is 4.34. The van der Waals surface area contributed by atoms with E-state index in [-0.39, 0.29) is 5.78 Å². The molecule has 23 heavy (non-hydrogen) atoms. The topological polar surface area (TPSA) is 36.4 Å². The number of ketones is 1. The standard InChI is InChI=1S/C19H23N3O/c1-16-5-4-6-17(15-16)18(23)8-10-21-11-13-22(14-12-21)19-7-2-3-9-20-19/h2-7,9,15H,8,10-14H2,1H3. The number of piperazine rings is 1. The fourth-order valence-electron chi connectivity index (χ4n) is 2.96. The summed E-state index contributed by atoms with van der Waals surface area (Å²) in [6.07, 6.45) is 2.43. The molecule has 0 N–H and O–H groups in total. The van der Waals surface area contributed by atoms with E-state index in [0.29, 0.717) is 6.42 Å². The van der Waals surface area contributed by atoms with E-state index in [0.717, 1.165) is 49.7 Å². The fourth-order valence-corrected chi connectivity index (χ4v) is 2.96. The van der Waals surface area contributed by atoms with Gasteiger partial charge in [-0.25, -0.2) is 4.98 Å². The molecule has 0 saturated carbocycles. The molecule has 0 aliphatic carbocycles. The number of aromatic nitrogens is 1. The largest absolute Gasteiger partial charge is 0.354 e. The van der Waals surface area contributed by atoms with Crippen molar-refractivity contribution in [2.24, 2.45) is 0 Å². The van der Waals surface area contributed by atoms with Crippen molar-refractivity contribution in [1.29, 1.82) is 0 Å². The number of Topliss-reactive ketones (excluding diaryl/α,β-unsaturated/α-hetero) is 1. The van der Waals surface area contributed by atoms with Crippen LogP contribution in [0.1, 0.15) is 22.3 Å². The summed E-state index contributed by atoms with van der Waals surface area (Å²) in [4.78, 5) is 21.4. The first-order valence-electron chi connectivity index (χ1n) is 8.20. The normalized spacial score (nSPS) is 15.6. The van der Waals surface area contributed by atoms with Crippen LogP contribution >= 0.6 is 0 Å². The van der Waals surface area contributed by atoms with Crippen LogP contribution in [0.2, 0.25) is 0 Å². The lowest BCUT2D eigenvalue weighted by Gasteiger charge is -2.35. The molecule has 4 heteroatoms. The molecule has 0 spiro atoms. The molecular weight excluding hydrogens is 286 g/mol. The second-order valence-corrected chi connectivity index (χ2v) is 6.06. The maximum atomic E-state index is 12.3. The summed E-state index contributed by atoms with van der Waals surface area (Å²) in [5.41, 5.74) is 1.97. The zero-order chi connectivity index (χ0) is 16.1. The molecule has 4 nitrogen and oxygen atoms in total. The number of hydrogen-bond acceptors (Lipinski definition) is 4. The molecule has 0 amide bonds. The molecule has 1 aromatic heterocycles. The summed E-state index contributed by atoms with van der Waals surface area (Å²) in [7, 11) is 0. The van der Waals surface area contributed by atoms with Crippen LogP contribution in [0.4, 0.5) is 5.82 Å². The number of benzene rings is 1. The van der Waals surface area contributed by atoms with Gasteiger partial charge in [0.2, 0.25) is 0 Å². The number of pyridine rings is 1. The maximum Gasteiger partial charge on any atom is 0.164 e. The molecule has 2 heterocycles. The average Bonchev–Trinajstić information content (AvgIpc) is 2.61. The number of nitrogens with zero attached hydrogens (tertiary/aromatic N) is 3. The van der Waals surface area contributed by atoms with Gasteiger partial charge in [0.15, 0.2) is 5.78 Å². The van der Waals surface area contributed by atoms with E-state index in [2.05, 4.69) is 20.9 Å². The molecule has 120 valence electrons. The first kappa shape index (κ1) is 15.7. The fraction of sp³-hybridized carbons (Fsp3) is 0.368. The van der Waals surface area contributed by atoms with Crippen LogP contribution in [0.3, 0.4) is 0 Å². The second-order valence-electron chi connectivity index (χ2n) is 6.06. The van der Waals surface area contributed by atoms with Crippen molar-refractivity contribution in [3.05, 3.63) is 59.8 Å². The number of hydrogen-bond donors (Lipinski definition) is 0. The third-order valence-electron chi connectivity index (χ3n) is 4.34. The van der Waals surface area contributed by atoms with Crippen molar-refractivity contribution in [3.63, 3.8) is 0 Å². The van der Waals surface area contributed by atoms with E-state index in [1.807, 2.05) is 49.5 Å². The van der Waals surface area contributed by atoms with Gasteiger partial charge in [-0.1, -0.05) is 29.8 Å². The van der Waals surface area contributed by atoms with Crippen LogP contribution in [0.15, 0.2) is 48.7 Å². The van der Waals surface area contributed by atoms with Crippen molar-refractivity contribution >= 4 is 11.6 Å². The number of carbonyl (C=O) groups excluding carboxylic acids is 1. The molecule has 0 atom stereocenters. The zero-order valence-electron chi connectivity index (χ0n) is 13.6. The number of anilines is 1. The van der Waals surface area contributed by atoms with Gasteiger partial charge in [-0.05, 0) is 25.1 Å². The third kappa shape index (κ3) is 4.17. The van der Waals surface area contributed by atoms with Gasteiger partial charge in [0.1, 0.15) is 5.82 Å². The molecule has 0 bridgehead atoms. The number of carbonyl (C=O) groups is 1. The van der Waals surface area contributed by atoms with E-state index in [1.165, 1.54) is 0 Å². The predicted molar refractivity (Wildman–Crippen MR) is 93.0 cm³/mol. The Morgan fingerprint density at radius 2 is 1.91 bits per heavy atom. The summed E-state index contributed by atoms with van der Waals surface area (Å²) in [6, 6.07) is 13.9. The van der Waals surface area contributed by atoms with E-state index in [4.69, 9.17) is 0 Å². The molecule has 1 aromatic carbocycles. The molecular formula is C19H23N3O. The van der Waals surface area contributed by atoms with Crippen molar-refractivity contribution in [1.82, 2.24) is 9.88 Å². The van der Waals surface area contributed by atoms with Crippen LogP contribution in [-0.4, -0.2) is 48.4 Å². The minimum atomic E-state index is 0.237. The van der Waals surface area contributed by atoms with Gasteiger partial charge in [0.25, 0.3) is 0 Å². The predicted octanol–water partition coefficient (Wildman–Crippen LogP) is 2.79. The molecule has 1 fully saturated rings. The lowest BCUT2D eigenvalue weighted by molar-refractivity contribution is 0.0962. The SMILES string of the molecule is Cc1cccc(C(=O)CCN2CCN(c3ccccn3)CC2)c1. The van der Waals surface area contributed by atoms with E-state index < -0.39 is 0 Å². The number of rotatable bonds is 5. The van der Waals surface area contributed by atoms with Crippen LogP contribution in [0.25, 0.3) is 0 Å². The Labute approximate surface area is 137 Å². The molecule has 1 aliphatic rings. The van der Waals surface area contributed by atoms with Gasteiger partial charge in [-0.2, -0.15) is 0 Å². The van der Waals surface area contributed by atoms with Crippen LogP contribution in [0, 0.1) is 6.92 Å². The molecule has 0 unspecified atom stereocenters. The molecule has 0 radical (unpaired) electrons. The monoisotopic (exact) mass is 309 g/mol. The van der Waals surface area contributed by atoms with Gasteiger partial charge in [-0.15, -0.1) is 0 Å². The lowest BCUT2D eigenvalue weighted by Crippen LogP contribution is -2.47. The molecule has 1 aliphatic heterocycles. The summed E-state index contributed by atoms with van der Waals surface area (Å²) in [5, 5.41) is 0. The summed E-state index contributed by atoms with van der Waals surface area (Å²) < 4.78 is 0. The van der Waals surface area contributed by atoms with Crippen LogP contribution in [0.5, 0.6) is 0 Å². The smallest absolute Gasteiger partial charge is 0.164 e. The Kier molecular flexibility index (Phi) is 5.03. The minimum Gasteiger partial charge on any atom is -0.354 e. The van der Waals surface area contributed by atoms with Gasteiger partial charge >= 0.3 is 0 Å². The first-order valence-corrected chi connectivity index (χ1v) is 8.20. The highest BCUT2D eigenvalue weighted by atomic mass is 16.1. The van der Waals surface area contributed by atoms with Crippen molar-refractivity contribution in [2.75, 3.05) is 37.6 Å². The highest BCUT2D eigenvalue weighted by Crippen LogP contribution is 2.13. The molecule has 2 aromatic rings. The van der Waals surface area contributed by atoms with Crippen molar-refractivity contribution in [3.8, 4) is 0 Å².